The molecule has 128 valence electrons. The number of phenolic OH excluding ortho intramolecular Hbond substituents is 1. The average Bonchev–Trinajstić information content (AvgIpc) is 2.56. The van der Waals surface area contributed by atoms with Crippen molar-refractivity contribution < 1.29 is 44.5 Å². The molecule has 0 spiro atoms. The third kappa shape index (κ3) is 3.54. The largest absolute Gasteiger partial charge is 0.504 e. The predicted molar refractivity (Wildman–Crippen MR) is 73.8 cm³/mol. The van der Waals surface area contributed by atoms with E-state index in [9.17, 15) is 25.2 Å². The van der Waals surface area contributed by atoms with Gasteiger partial charge in [-0.25, -0.2) is 4.79 Å². The molecular weight excluding hydrogens is 312 g/mol. The Morgan fingerprint density at radius 2 is 1.91 bits per heavy atom. The third-order valence-corrected chi connectivity index (χ3v) is 3.47. The summed E-state index contributed by atoms with van der Waals surface area (Å²) in [5.74, 6) is -1.20. The molecule has 1 saturated heterocycles. The quantitative estimate of drug-likeness (QED) is 0.410. The van der Waals surface area contributed by atoms with E-state index in [0.29, 0.717) is 0 Å². The maximum absolute atomic E-state index is 11.5. The first-order chi connectivity index (χ1) is 10.9. The van der Waals surface area contributed by atoms with Gasteiger partial charge < -0.3 is 39.7 Å². The number of methoxy groups -OCH3 is 1. The van der Waals surface area contributed by atoms with Crippen LogP contribution in [-0.2, 0) is 9.47 Å². The van der Waals surface area contributed by atoms with E-state index < -0.39 is 43.3 Å². The lowest BCUT2D eigenvalue weighted by atomic mass is 9.99. The standard InChI is InChI=1S/C14H18O9/c1-21-13(20)6-2-3-7(16)8(4-6)22-14-12(19)11(18)10(17)9(5-15)23-14/h2-4,9-12,14-19H,5H2,1H3. The number of ether oxygens (including phenoxy) is 3. The molecule has 23 heavy (non-hydrogen) atoms. The van der Waals surface area contributed by atoms with Gasteiger partial charge in [-0.15, -0.1) is 0 Å². The van der Waals surface area contributed by atoms with Crippen molar-refractivity contribution >= 4 is 5.97 Å². The van der Waals surface area contributed by atoms with Crippen molar-refractivity contribution in [1.82, 2.24) is 0 Å². The summed E-state index contributed by atoms with van der Waals surface area (Å²) >= 11 is 0. The van der Waals surface area contributed by atoms with E-state index in [1.807, 2.05) is 0 Å². The molecule has 1 heterocycles. The lowest BCUT2D eigenvalue weighted by molar-refractivity contribution is -0.277. The van der Waals surface area contributed by atoms with Crippen LogP contribution in [0.5, 0.6) is 11.5 Å². The van der Waals surface area contributed by atoms with Crippen molar-refractivity contribution in [2.75, 3.05) is 13.7 Å². The van der Waals surface area contributed by atoms with E-state index >= 15 is 0 Å². The Kier molecular flexibility index (Phi) is 5.39. The van der Waals surface area contributed by atoms with Gasteiger partial charge in [-0.2, -0.15) is 0 Å². The summed E-state index contributed by atoms with van der Waals surface area (Å²) in [5.41, 5.74) is 0.0879. The average molecular weight is 330 g/mol. The normalized spacial score (nSPS) is 30.7. The summed E-state index contributed by atoms with van der Waals surface area (Å²) in [6.07, 6.45) is -7.38. The highest BCUT2D eigenvalue weighted by molar-refractivity contribution is 5.90. The van der Waals surface area contributed by atoms with Crippen molar-refractivity contribution in [3.05, 3.63) is 23.8 Å². The Morgan fingerprint density at radius 1 is 1.22 bits per heavy atom. The van der Waals surface area contributed by atoms with Crippen molar-refractivity contribution in [3.63, 3.8) is 0 Å². The third-order valence-electron chi connectivity index (χ3n) is 3.47. The van der Waals surface area contributed by atoms with Gasteiger partial charge in [0, 0.05) is 0 Å². The Balaban J connectivity index is 2.22. The molecule has 5 atom stereocenters. The van der Waals surface area contributed by atoms with Gasteiger partial charge in [0.1, 0.15) is 24.4 Å². The van der Waals surface area contributed by atoms with Gasteiger partial charge in [-0.05, 0) is 18.2 Å². The minimum atomic E-state index is -1.63. The van der Waals surface area contributed by atoms with Crippen molar-refractivity contribution in [3.8, 4) is 11.5 Å². The number of hydrogen-bond donors (Lipinski definition) is 5. The Hall–Kier alpha value is -1.91. The smallest absolute Gasteiger partial charge is 0.337 e. The Bertz CT molecular complexity index is 559. The van der Waals surface area contributed by atoms with Crippen LogP contribution in [0.1, 0.15) is 10.4 Å². The van der Waals surface area contributed by atoms with Crippen LogP contribution in [0.25, 0.3) is 0 Å². The Morgan fingerprint density at radius 3 is 2.52 bits per heavy atom. The highest BCUT2D eigenvalue weighted by atomic mass is 16.7. The summed E-state index contributed by atoms with van der Waals surface area (Å²) in [6.45, 7) is -0.612. The molecule has 0 amide bonds. The minimum Gasteiger partial charge on any atom is -0.504 e. The number of benzene rings is 1. The number of esters is 1. The maximum Gasteiger partial charge on any atom is 0.337 e. The summed E-state index contributed by atoms with van der Waals surface area (Å²) in [6, 6.07) is 3.66. The monoisotopic (exact) mass is 330 g/mol. The second kappa shape index (κ2) is 7.11. The lowest BCUT2D eigenvalue weighted by Gasteiger charge is -2.39. The summed E-state index contributed by atoms with van der Waals surface area (Å²) in [5, 5.41) is 48.1. The molecule has 0 aliphatic carbocycles. The number of carbonyl (C=O) groups is 1. The molecule has 5 unspecified atom stereocenters. The number of aromatic hydroxyl groups is 1. The van der Waals surface area contributed by atoms with Crippen molar-refractivity contribution in [2.45, 2.75) is 30.7 Å². The first-order valence-electron chi connectivity index (χ1n) is 6.77. The van der Waals surface area contributed by atoms with Gasteiger partial charge in [-0.1, -0.05) is 0 Å². The SMILES string of the molecule is COC(=O)c1ccc(O)c(OC2OC(CO)C(O)C(O)C2O)c1. The maximum atomic E-state index is 11.5. The van der Waals surface area contributed by atoms with Gasteiger partial charge >= 0.3 is 5.97 Å². The van der Waals surface area contributed by atoms with Gasteiger partial charge in [-0.3, -0.25) is 0 Å². The van der Waals surface area contributed by atoms with E-state index in [0.717, 1.165) is 0 Å². The van der Waals surface area contributed by atoms with E-state index in [1.165, 1.54) is 25.3 Å². The molecule has 0 radical (unpaired) electrons. The zero-order valence-electron chi connectivity index (χ0n) is 12.2. The number of aliphatic hydroxyl groups excluding tert-OH is 4. The molecule has 5 N–H and O–H groups in total. The molecule has 9 nitrogen and oxygen atoms in total. The molecule has 1 aromatic rings. The predicted octanol–water partition coefficient (Wildman–Crippen LogP) is -1.64. The molecule has 1 fully saturated rings. The van der Waals surface area contributed by atoms with Crippen LogP contribution < -0.4 is 4.74 Å². The summed E-state index contributed by atoms with van der Waals surface area (Å²) in [7, 11) is 1.19. The first-order valence-corrected chi connectivity index (χ1v) is 6.77. The number of phenols is 1. The number of rotatable bonds is 4. The molecule has 0 saturated carbocycles. The van der Waals surface area contributed by atoms with E-state index in [-0.39, 0.29) is 17.1 Å². The fourth-order valence-electron chi connectivity index (χ4n) is 2.14. The fraction of sp³-hybridized carbons (Fsp3) is 0.500. The van der Waals surface area contributed by atoms with Gasteiger partial charge in [0.25, 0.3) is 0 Å². The van der Waals surface area contributed by atoms with Gasteiger partial charge in [0.05, 0.1) is 19.3 Å². The van der Waals surface area contributed by atoms with E-state index in [4.69, 9.17) is 14.6 Å². The molecule has 0 bridgehead atoms. The molecule has 9 heteroatoms. The number of aliphatic hydroxyl groups is 4. The van der Waals surface area contributed by atoms with Crippen LogP contribution in [-0.4, -0.2) is 75.9 Å². The zero-order valence-corrected chi connectivity index (χ0v) is 12.2. The molecular formula is C14H18O9. The number of hydrogen-bond acceptors (Lipinski definition) is 9. The first kappa shape index (κ1) is 17.4. The second-order valence-electron chi connectivity index (χ2n) is 4.99. The summed E-state index contributed by atoms with van der Waals surface area (Å²) in [4.78, 5) is 11.5. The van der Waals surface area contributed by atoms with Gasteiger partial charge in [0.2, 0.25) is 6.29 Å². The number of carbonyl (C=O) groups excluding carboxylic acids is 1. The van der Waals surface area contributed by atoms with Crippen molar-refractivity contribution in [2.24, 2.45) is 0 Å². The van der Waals surface area contributed by atoms with Crippen LogP contribution in [0.15, 0.2) is 18.2 Å². The van der Waals surface area contributed by atoms with Crippen LogP contribution in [0, 0.1) is 0 Å². The zero-order chi connectivity index (χ0) is 17.1. The highest BCUT2D eigenvalue weighted by Gasteiger charge is 2.44. The lowest BCUT2D eigenvalue weighted by Crippen LogP contribution is -2.60. The van der Waals surface area contributed by atoms with Crippen molar-refractivity contribution in [1.29, 1.82) is 0 Å². The minimum absolute atomic E-state index is 0.0879. The van der Waals surface area contributed by atoms with Crippen LogP contribution in [0.2, 0.25) is 0 Å². The topological polar surface area (TPSA) is 146 Å². The van der Waals surface area contributed by atoms with Crippen LogP contribution >= 0.6 is 0 Å². The second-order valence-corrected chi connectivity index (χ2v) is 4.99. The van der Waals surface area contributed by atoms with E-state index in [2.05, 4.69) is 4.74 Å². The molecule has 2 rings (SSSR count). The van der Waals surface area contributed by atoms with Gasteiger partial charge in [0.15, 0.2) is 11.5 Å². The molecule has 1 aliphatic heterocycles. The molecule has 0 aromatic heterocycles. The van der Waals surface area contributed by atoms with Crippen LogP contribution in [0.4, 0.5) is 0 Å². The fourth-order valence-corrected chi connectivity index (χ4v) is 2.14. The molecule has 1 aromatic carbocycles. The Labute approximate surface area is 131 Å². The highest BCUT2D eigenvalue weighted by Crippen LogP contribution is 2.31. The summed E-state index contributed by atoms with van der Waals surface area (Å²) < 4.78 is 15.0. The molecule has 1 aliphatic rings. The van der Waals surface area contributed by atoms with E-state index in [1.54, 1.807) is 0 Å². The van der Waals surface area contributed by atoms with Crippen LogP contribution in [0.3, 0.4) is 0 Å².